The van der Waals surface area contributed by atoms with Crippen LogP contribution < -0.4 is 5.32 Å². The van der Waals surface area contributed by atoms with Gasteiger partial charge in [-0.05, 0) is 12.5 Å². The summed E-state index contributed by atoms with van der Waals surface area (Å²) in [6, 6.07) is 0. The van der Waals surface area contributed by atoms with E-state index in [0.29, 0.717) is 17.3 Å². The van der Waals surface area contributed by atoms with E-state index in [2.05, 4.69) is 10.3 Å². The average molecular weight is 300 g/mol. The van der Waals surface area contributed by atoms with Crippen LogP contribution in [0.25, 0.3) is 11.0 Å². The van der Waals surface area contributed by atoms with Gasteiger partial charge in [0, 0.05) is 24.2 Å². The molecule has 2 aromatic rings. The lowest BCUT2D eigenvalue weighted by Crippen LogP contribution is -2.30. The van der Waals surface area contributed by atoms with Gasteiger partial charge >= 0.3 is 0 Å². The third-order valence-electron chi connectivity index (χ3n) is 2.63. The van der Waals surface area contributed by atoms with E-state index in [0.717, 1.165) is 4.96 Å². The zero-order valence-electron chi connectivity index (χ0n) is 10.3. The molecule has 2 aromatic heterocycles. The molecule has 2 heterocycles. The van der Waals surface area contributed by atoms with Crippen LogP contribution in [0.15, 0.2) is 17.7 Å². The Balaban J connectivity index is 2.03. The van der Waals surface area contributed by atoms with E-state index in [4.69, 9.17) is 11.6 Å². The molecule has 0 aromatic carbocycles. The first kappa shape index (κ1) is 14.0. The number of rotatable bonds is 5. The molecule has 0 fully saturated rings. The normalized spacial score (nSPS) is 13.2. The van der Waals surface area contributed by atoms with Gasteiger partial charge in [-0.3, -0.25) is 9.20 Å². The largest absolute Gasteiger partial charge is 0.391 e. The van der Waals surface area contributed by atoms with Gasteiger partial charge in [0.05, 0.1) is 11.8 Å². The Kier molecular flexibility index (Phi) is 4.57. The first-order valence-corrected chi connectivity index (χ1v) is 7.12. The first-order chi connectivity index (χ1) is 9.11. The van der Waals surface area contributed by atoms with Gasteiger partial charge < -0.3 is 10.4 Å². The molecule has 2 N–H and O–H groups in total. The summed E-state index contributed by atoms with van der Waals surface area (Å²) in [5.41, 5.74) is 0.670. The molecule has 2 rings (SSSR count). The highest BCUT2D eigenvalue weighted by atomic mass is 35.5. The van der Waals surface area contributed by atoms with Crippen LogP contribution in [0.2, 0.25) is 5.15 Å². The Morgan fingerprint density at radius 2 is 2.53 bits per heavy atom. The summed E-state index contributed by atoms with van der Waals surface area (Å²) in [6.07, 6.45) is 4.93. The monoisotopic (exact) mass is 299 g/mol. The summed E-state index contributed by atoms with van der Waals surface area (Å²) < 4.78 is 1.82. The Labute approximate surface area is 119 Å². The van der Waals surface area contributed by atoms with E-state index in [-0.39, 0.29) is 12.5 Å². The zero-order chi connectivity index (χ0) is 13.8. The molecule has 7 heteroatoms. The van der Waals surface area contributed by atoms with Gasteiger partial charge in [-0.25, -0.2) is 4.98 Å². The predicted octanol–water partition coefficient (Wildman–Crippen LogP) is 1.95. The van der Waals surface area contributed by atoms with Crippen molar-refractivity contribution in [2.75, 3.05) is 6.54 Å². The Morgan fingerprint density at radius 1 is 1.74 bits per heavy atom. The van der Waals surface area contributed by atoms with Crippen LogP contribution in [0.3, 0.4) is 0 Å². The maximum Gasteiger partial charge on any atom is 0.244 e. The lowest BCUT2D eigenvalue weighted by atomic mass is 10.3. The molecule has 0 bridgehead atoms. The molecular weight excluding hydrogens is 286 g/mol. The van der Waals surface area contributed by atoms with Crippen LogP contribution in [0, 0.1) is 0 Å². The molecule has 1 unspecified atom stereocenters. The standard InChI is InChI=1S/C12H14ClN3O2S/c1-2-8(17)7-14-10(18)4-3-9-11(13)15-12-16(9)5-6-19-12/h3-6,8,17H,2,7H2,1H3,(H,14,18)/b4-3+. The predicted molar refractivity (Wildman–Crippen MR) is 76.4 cm³/mol. The van der Waals surface area contributed by atoms with E-state index in [1.165, 1.54) is 17.4 Å². The highest BCUT2D eigenvalue weighted by molar-refractivity contribution is 7.15. The van der Waals surface area contributed by atoms with Crippen molar-refractivity contribution in [1.82, 2.24) is 14.7 Å². The maximum atomic E-state index is 11.6. The number of aromatic nitrogens is 2. The van der Waals surface area contributed by atoms with Crippen LogP contribution in [-0.4, -0.2) is 33.0 Å². The number of aliphatic hydroxyl groups is 1. The number of nitrogens with zero attached hydrogens (tertiary/aromatic N) is 2. The summed E-state index contributed by atoms with van der Waals surface area (Å²) in [6.45, 7) is 2.10. The molecule has 0 spiro atoms. The summed E-state index contributed by atoms with van der Waals surface area (Å²) in [7, 11) is 0. The summed E-state index contributed by atoms with van der Waals surface area (Å²) in [5.74, 6) is -0.270. The minimum atomic E-state index is -0.514. The number of fused-ring (bicyclic) bond motifs is 1. The molecule has 1 amide bonds. The SMILES string of the molecule is CCC(O)CNC(=O)/C=C/c1c(Cl)nc2sccn12. The highest BCUT2D eigenvalue weighted by Crippen LogP contribution is 2.22. The Hall–Kier alpha value is -1.37. The molecule has 1 atom stereocenters. The number of halogens is 1. The second-order valence-corrected chi connectivity index (χ2v) is 5.22. The van der Waals surface area contributed by atoms with Gasteiger partial charge in [-0.15, -0.1) is 11.3 Å². The topological polar surface area (TPSA) is 66.6 Å². The molecule has 0 aliphatic carbocycles. The molecule has 102 valence electrons. The van der Waals surface area contributed by atoms with Gasteiger partial charge in [0.25, 0.3) is 0 Å². The van der Waals surface area contributed by atoms with Gasteiger partial charge in [0.2, 0.25) is 5.91 Å². The number of hydrogen-bond acceptors (Lipinski definition) is 4. The fraction of sp³-hybridized carbons (Fsp3) is 0.333. The number of nitrogens with one attached hydrogen (secondary N) is 1. The second kappa shape index (κ2) is 6.18. The lowest BCUT2D eigenvalue weighted by Gasteiger charge is -2.07. The van der Waals surface area contributed by atoms with Crippen LogP contribution >= 0.6 is 22.9 Å². The summed E-state index contributed by atoms with van der Waals surface area (Å²) >= 11 is 7.47. The van der Waals surface area contributed by atoms with Gasteiger partial charge in [0.1, 0.15) is 0 Å². The number of amides is 1. The molecule has 0 aliphatic heterocycles. The van der Waals surface area contributed by atoms with Crippen molar-refractivity contribution < 1.29 is 9.90 Å². The maximum absolute atomic E-state index is 11.6. The van der Waals surface area contributed by atoms with Crippen LogP contribution in [0.5, 0.6) is 0 Å². The van der Waals surface area contributed by atoms with Crippen molar-refractivity contribution >= 4 is 39.9 Å². The van der Waals surface area contributed by atoms with Crippen molar-refractivity contribution in [3.05, 3.63) is 28.5 Å². The molecule has 5 nitrogen and oxygen atoms in total. The molecule has 0 saturated carbocycles. The molecular formula is C12H14ClN3O2S. The van der Waals surface area contributed by atoms with Gasteiger partial charge in [-0.2, -0.15) is 0 Å². The van der Waals surface area contributed by atoms with Crippen molar-refractivity contribution in [3.63, 3.8) is 0 Å². The minimum Gasteiger partial charge on any atom is -0.391 e. The number of carbonyl (C=O) groups excluding carboxylic acids is 1. The lowest BCUT2D eigenvalue weighted by molar-refractivity contribution is -0.116. The van der Waals surface area contributed by atoms with Crippen molar-refractivity contribution in [3.8, 4) is 0 Å². The zero-order valence-corrected chi connectivity index (χ0v) is 11.9. The van der Waals surface area contributed by atoms with E-state index in [1.54, 1.807) is 6.08 Å². The molecule has 0 aliphatic rings. The van der Waals surface area contributed by atoms with Crippen LogP contribution in [0.1, 0.15) is 19.0 Å². The number of hydrogen-bond donors (Lipinski definition) is 2. The van der Waals surface area contributed by atoms with E-state index >= 15 is 0 Å². The summed E-state index contributed by atoms with van der Waals surface area (Å²) in [4.78, 5) is 16.5. The first-order valence-electron chi connectivity index (χ1n) is 5.86. The smallest absolute Gasteiger partial charge is 0.244 e. The fourth-order valence-corrected chi connectivity index (χ4v) is 2.51. The second-order valence-electron chi connectivity index (χ2n) is 3.98. The molecule has 19 heavy (non-hydrogen) atoms. The van der Waals surface area contributed by atoms with Gasteiger partial charge in [-0.1, -0.05) is 18.5 Å². The summed E-state index contributed by atoms with van der Waals surface area (Å²) in [5, 5.41) is 14.2. The minimum absolute atomic E-state index is 0.244. The van der Waals surface area contributed by atoms with E-state index in [9.17, 15) is 9.90 Å². The van der Waals surface area contributed by atoms with E-state index < -0.39 is 6.10 Å². The average Bonchev–Trinajstić information content (AvgIpc) is 2.94. The Morgan fingerprint density at radius 3 is 3.26 bits per heavy atom. The Bertz CT molecular complexity index is 605. The third kappa shape index (κ3) is 3.34. The number of carbonyl (C=O) groups is 1. The number of thiazole rings is 1. The van der Waals surface area contributed by atoms with E-state index in [1.807, 2.05) is 22.9 Å². The fourth-order valence-electron chi connectivity index (χ4n) is 1.50. The quantitative estimate of drug-likeness (QED) is 0.829. The highest BCUT2D eigenvalue weighted by Gasteiger charge is 2.09. The molecule has 0 saturated heterocycles. The number of aliphatic hydroxyl groups excluding tert-OH is 1. The van der Waals surface area contributed by atoms with Crippen molar-refractivity contribution in [2.24, 2.45) is 0 Å². The number of imidazole rings is 1. The van der Waals surface area contributed by atoms with Crippen molar-refractivity contribution in [1.29, 1.82) is 0 Å². The van der Waals surface area contributed by atoms with Gasteiger partial charge in [0.15, 0.2) is 10.1 Å². The van der Waals surface area contributed by atoms with Crippen molar-refractivity contribution in [2.45, 2.75) is 19.4 Å². The molecule has 0 radical (unpaired) electrons. The third-order valence-corrected chi connectivity index (χ3v) is 3.66. The van der Waals surface area contributed by atoms with Crippen LogP contribution in [-0.2, 0) is 4.79 Å². The van der Waals surface area contributed by atoms with Crippen LogP contribution in [0.4, 0.5) is 0 Å².